The quantitative estimate of drug-likeness (QED) is 0.869. The Balaban J connectivity index is 1.56. The number of hydrogen-bond donors (Lipinski definition) is 1. The van der Waals surface area contributed by atoms with Gasteiger partial charge in [0.15, 0.2) is 5.69 Å². The Hall–Kier alpha value is -2.28. The number of aromatic nitrogens is 3. The van der Waals surface area contributed by atoms with Gasteiger partial charge in [-0.1, -0.05) is 17.3 Å². The smallest absolute Gasteiger partial charge is 0.276 e. The number of hydrogen-bond acceptors (Lipinski definition) is 4. The standard InChI is InChI=1S/C18H24FN5O/c1-20-8-5-14-6-9-23(10-7-14)18(25)17-13-24(22-21-17)12-15-3-2-4-16(19)11-15/h2-4,11,13-14,20H,5-10,12H2,1H3. The van der Waals surface area contributed by atoms with E-state index < -0.39 is 0 Å². The fraction of sp³-hybridized carbons (Fsp3) is 0.500. The van der Waals surface area contributed by atoms with Crippen molar-refractivity contribution in [2.45, 2.75) is 25.8 Å². The Morgan fingerprint density at radius 3 is 2.88 bits per heavy atom. The van der Waals surface area contributed by atoms with E-state index in [9.17, 15) is 9.18 Å². The van der Waals surface area contributed by atoms with Crippen LogP contribution in [-0.2, 0) is 6.54 Å². The molecule has 1 aromatic heterocycles. The third-order valence-corrected chi connectivity index (χ3v) is 4.70. The molecule has 7 heteroatoms. The molecule has 2 heterocycles. The predicted octanol–water partition coefficient (Wildman–Crippen LogP) is 1.93. The molecule has 3 rings (SSSR count). The van der Waals surface area contributed by atoms with E-state index >= 15 is 0 Å². The highest BCUT2D eigenvalue weighted by molar-refractivity contribution is 5.91. The maximum Gasteiger partial charge on any atom is 0.276 e. The van der Waals surface area contributed by atoms with Crippen molar-refractivity contribution in [3.05, 3.63) is 47.5 Å². The van der Waals surface area contributed by atoms with Gasteiger partial charge in [-0.2, -0.15) is 0 Å². The number of carbonyl (C=O) groups excluding carboxylic acids is 1. The number of rotatable bonds is 6. The van der Waals surface area contributed by atoms with Crippen molar-refractivity contribution in [1.82, 2.24) is 25.2 Å². The van der Waals surface area contributed by atoms with Crippen molar-refractivity contribution < 1.29 is 9.18 Å². The van der Waals surface area contributed by atoms with E-state index in [1.165, 1.54) is 12.1 Å². The summed E-state index contributed by atoms with van der Waals surface area (Å²) in [6, 6.07) is 6.34. The van der Waals surface area contributed by atoms with Gasteiger partial charge in [0.25, 0.3) is 5.91 Å². The maximum atomic E-state index is 13.2. The Kier molecular flexibility index (Phi) is 5.75. The molecule has 0 bridgehead atoms. The lowest BCUT2D eigenvalue weighted by Crippen LogP contribution is -2.39. The van der Waals surface area contributed by atoms with E-state index in [0.717, 1.165) is 44.5 Å². The highest BCUT2D eigenvalue weighted by atomic mass is 19.1. The van der Waals surface area contributed by atoms with Gasteiger partial charge in [-0.25, -0.2) is 9.07 Å². The summed E-state index contributed by atoms with van der Waals surface area (Å²) in [5.74, 6) is 0.327. The Bertz CT molecular complexity index is 709. The molecule has 6 nitrogen and oxygen atoms in total. The minimum absolute atomic E-state index is 0.0717. The van der Waals surface area contributed by atoms with Crippen LogP contribution in [-0.4, -0.2) is 52.5 Å². The van der Waals surface area contributed by atoms with Gasteiger partial charge >= 0.3 is 0 Å². The van der Waals surface area contributed by atoms with Crippen LogP contribution in [0.25, 0.3) is 0 Å². The molecule has 0 spiro atoms. The SMILES string of the molecule is CNCCC1CCN(C(=O)c2cn(Cc3cccc(F)c3)nn2)CC1. The Morgan fingerprint density at radius 2 is 2.16 bits per heavy atom. The van der Waals surface area contributed by atoms with Crippen molar-refractivity contribution in [3.63, 3.8) is 0 Å². The summed E-state index contributed by atoms with van der Waals surface area (Å²) in [6.07, 6.45) is 4.86. The summed E-state index contributed by atoms with van der Waals surface area (Å²) in [5.41, 5.74) is 1.14. The summed E-state index contributed by atoms with van der Waals surface area (Å²) in [4.78, 5) is 14.4. The zero-order valence-electron chi connectivity index (χ0n) is 14.5. The first-order valence-electron chi connectivity index (χ1n) is 8.74. The lowest BCUT2D eigenvalue weighted by atomic mass is 9.93. The van der Waals surface area contributed by atoms with E-state index in [4.69, 9.17) is 0 Å². The lowest BCUT2D eigenvalue weighted by molar-refractivity contribution is 0.0681. The number of nitrogens with zero attached hydrogens (tertiary/aromatic N) is 4. The second-order valence-electron chi connectivity index (χ2n) is 6.56. The molecule has 0 radical (unpaired) electrons. The predicted molar refractivity (Wildman–Crippen MR) is 92.7 cm³/mol. The molecule has 0 aliphatic carbocycles. The van der Waals surface area contributed by atoms with Gasteiger partial charge in [-0.05, 0) is 56.5 Å². The van der Waals surface area contributed by atoms with Crippen LogP contribution in [0.15, 0.2) is 30.5 Å². The van der Waals surface area contributed by atoms with Crippen molar-refractivity contribution >= 4 is 5.91 Å². The van der Waals surface area contributed by atoms with Crippen LogP contribution in [0.5, 0.6) is 0 Å². The van der Waals surface area contributed by atoms with Crippen molar-refractivity contribution in [2.24, 2.45) is 5.92 Å². The zero-order valence-corrected chi connectivity index (χ0v) is 14.5. The van der Waals surface area contributed by atoms with Gasteiger partial charge in [-0.15, -0.1) is 5.10 Å². The lowest BCUT2D eigenvalue weighted by Gasteiger charge is -2.31. The Morgan fingerprint density at radius 1 is 1.36 bits per heavy atom. The number of piperidine rings is 1. The molecular weight excluding hydrogens is 321 g/mol. The number of likely N-dealkylation sites (tertiary alicyclic amines) is 1. The highest BCUT2D eigenvalue weighted by Gasteiger charge is 2.25. The molecule has 1 saturated heterocycles. The van der Waals surface area contributed by atoms with Crippen molar-refractivity contribution in [1.29, 1.82) is 0 Å². The molecule has 25 heavy (non-hydrogen) atoms. The fourth-order valence-corrected chi connectivity index (χ4v) is 3.23. The monoisotopic (exact) mass is 345 g/mol. The first-order chi connectivity index (χ1) is 12.2. The van der Waals surface area contributed by atoms with Gasteiger partial charge in [0, 0.05) is 13.1 Å². The average molecular weight is 345 g/mol. The number of nitrogens with one attached hydrogen (secondary N) is 1. The van der Waals surface area contributed by atoms with Crippen molar-refractivity contribution in [3.8, 4) is 0 Å². The largest absolute Gasteiger partial charge is 0.337 e. The van der Waals surface area contributed by atoms with Gasteiger partial charge in [-0.3, -0.25) is 4.79 Å². The van der Waals surface area contributed by atoms with Crippen LogP contribution in [0.3, 0.4) is 0 Å². The van der Waals surface area contributed by atoms with Crippen LogP contribution in [0.1, 0.15) is 35.3 Å². The van der Waals surface area contributed by atoms with Crippen LogP contribution in [0, 0.1) is 11.7 Å². The van der Waals surface area contributed by atoms with Gasteiger partial charge < -0.3 is 10.2 Å². The minimum Gasteiger partial charge on any atom is -0.337 e. The molecule has 0 saturated carbocycles. The number of halogens is 1. The van der Waals surface area contributed by atoms with E-state index in [1.54, 1.807) is 16.9 Å². The van der Waals surface area contributed by atoms with Crippen LogP contribution in [0.2, 0.25) is 0 Å². The first-order valence-corrected chi connectivity index (χ1v) is 8.74. The molecule has 1 aromatic carbocycles. The topological polar surface area (TPSA) is 63.1 Å². The Labute approximate surface area is 147 Å². The summed E-state index contributed by atoms with van der Waals surface area (Å²) >= 11 is 0. The van der Waals surface area contributed by atoms with Crippen molar-refractivity contribution in [2.75, 3.05) is 26.7 Å². The second kappa shape index (κ2) is 8.20. The molecule has 134 valence electrons. The number of amides is 1. The summed E-state index contributed by atoms with van der Waals surface area (Å²) in [7, 11) is 1.96. The molecule has 1 aliphatic heterocycles. The average Bonchev–Trinajstić information content (AvgIpc) is 3.08. The van der Waals surface area contributed by atoms with Gasteiger partial charge in [0.2, 0.25) is 0 Å². The third-order valence-electron chi connectivity index (χ3n) is 4.70. The second-order valence-corrected chi connectivity index (χ2v) is 6.56. The van der Waals surface area contributed by atoms with Gasteiger partial charge in [0.1, 0.15) is 5.82 Å². The summed E-state index contributed by atoms with van der Waals surface area (Å²) < 4.78 is 14.8. The molecule has 1 N–H and O–H groups in total. The first kappa shape index (κ1) is 17.5. The summed E-state index contributed by atoms with van der Waals surface area (Å²) in [5, 5.41) is 11.2. The van der Waals surface area contributed by atoms with E-state index in [1.807, 2.05) is 18.0 Å². The van der Waals surface area contributed by atoms with E-state index in [-0.39, 0.29) is 11.7 Å². The third kappa shape index (κ3) is 4.63. The molecule has 1 amide bonds. The van der Waals surface area contributed by atoms with E-state index in [0.29, 0.717) is 18.2 Å². The van der Waals surface area contributed by atoms with E-state index in [2.05, 4.69) is 15.6 Å². The molecule has 1 aliphatic rings. The number of benzene rings is 1. The molecule has 1 fully saturated rings. The fourth-order valence-electron chi connectivity index (χ4n) is 3.23. The molecule has 0 atom stereocenters. The summed E-state index contributed by atoms with van der Waals surface area (Å²) in [6.45, 7) is 2.95. The zero-order chi connectivity index (χ0) is 17.6. The highest BCUT2D eigenvalue weighted by Crippen LogP contribution is 2.21. The van der Waals surface area contributed by atoms with Crippen LogP contribution < -0.4 is 5.32 Å². The minimum atomic E-state index is -0.282. The normalized spacial score (nSPS) is 15.5. The van der Waals surface area contributed by atoms with Gasteiger partial charge in [0.05, 0.1) is 12.7 Å². The molecular formula is C18H24FN5O. The molecule has 0 unspecified atom stereocenters. The van der Waals surface area contributed by atoms with Crippen LogP contribution in [0.4, 0.5) is 4.39 Å². The number of carbonyl (C=O) groups is 1. The molecule has 2 aromatic rings. The maximum absolute atomic E-state index is 13.2. The van der Waals surface area contributed by atoms with Crippen LogP contribution >= 0.6 is 0 Å².